The highest BCUT2D eigenvalue weighted by Crippen LogP contribution is 2.24. The molecule has 1 N–H and O–H groups in total. The Bertz CT molecular complexity index is 789. The average Bonchev–Trinajstić information content (AvgIpc) is 2.69. The van der Waals surface area contributed by atoms with Gasteiger partial charge in [-0.15, -0.1) is 0 Å². The molecule has 0 spiro atoms. The maximum Gasteiger partial charge on any atom is 0.344 e. The summed E-state index contributed by atoms with van der Waals surface area (Å²) in [5.41, 5.74) is 1.10. The van der Waals surface area contributed by atoms with Crippen molar-refractivity contribution in [1.82, 2.24) is 5.32 Å². The van der Waals surface area contributed by atoms with Gasteiger partial charge in [-0.25, -0.2) is 9.18 Å². The number of esters is 1. The molecule has 0 saturated carbocycles. The van der Waals surface area contributed by atoms with Crippen LogP contribution in [0, 0.1) is 5.82 Å². The minimum Gasteiger partial charge on any atom is -0.480 e. The third-order valence-electron chi connectivity index (χ3n) is 3.79. The second kappa shape index (κ2) is 11.1. The van der Waals surface area contributed by atoms with E-state index < -0.39 is 30.9 Å². The molecule has 0 bridgehead atoms. The molecule has 6 nitrogen and oxygen atoms in total. The van der Waals surface area contributed by atoms with Crippen molar-refractivity contribution in [2.45, 2.75) is 6.42 Å². The number of ether oxygens (including phenoxy) is 2. The van der Waals surface area contributed by atoms with Crippen LogP contribution in [0.4, 0.5) is 10.1 Å². The normalized spacial score (nSPS) is 10.2. The van der Waals surface area contributed by atoms with Gasteiger partial charge in [0.25, 0.3) is 5.91 Å². The van der Waals surface area contributed by atoms with Crippen LogP contribution in [-0.2, 0) is 14.3 Å². The first-order valence-corrected chi connectivity index (χ1v) is 9.10. The molecule has 0 radical (unpaired) electrons. The Morgan fingerprint density at radius 3 is 2.61 bits per heavy atom. The zero-order chi connectivity index (χ0) is 20.4. The zero-order valence-electron chi connectivity index (χ0n) is 15.5. The van der Waals surface area contributed by atoms with Crippen molar-refractivity contribution in [3.05, 3.63) is 59.4 Å². The topological polar surface area (TPSA) is 67.9 Å². The molecule has 8 heteroatoms. The number of halogens is 2. The van der Waals surface area contributed by atoms with Gasteiger partial charge in [-0.2, -0.15) is 0 Å². The fourth-order valence-electron chi connectivity index (χ4n) is 2.32. The summed E-state index contributed by atoms with van der Waals surface area (Å²) < 4.78 is 22.9. The van der Waals surface area contributed by atoms with Crippen LogP contribution in [0.2, 0.25) is 5.02 Å². The zero-order valence-corrected chi connectivity index (χ0v) is 16.2. The lowest BCUT2D eigenvalue weighted by molar-refractivity contribution is -0.150. The highest BCUT2D eigenvalue weighted by Gasteiger charge is 2.10. The van der Waals surface area contributed by atoms with Crippen molar-refractivity contribution in [3.8, 4) is 5.75 Å². The second-order valence-electron chi connectivity index (χ2n) is 5.98. The molecule has 0 fully saturated rings. The maximum atomic E-state index is 12.9. The summed E-state index contributed by atoms with van der Waals surface area (Å²) >= 11 is 5.79. The van der Waals surface area contributed by atoms with E-state index in [9.17, 15) is 14.0 Å². The van der Waals surface area contributed by atoms with E-state index in [1.54, 1.807) is 0 Å². The number of carbonyl (C=O) groups excluding carboxylic acids is 2. The number of hydrogen-bond donors (Lipinski definition) is 1. The molecule has 2 aromatic rings. The van der Waals surface area contributed by atoms with Crippen LogP contribution < -0.4 is 15.0 Å². The van der Waals surface area contributed by atoms with E-state index in [-0.39, 0.29) is 10.8 Å². The van der Waals surface area contributed by atoms with E-state index >= 15 is 0 Å². The van der Waals surface area contributed by atoms with Crippen molar-refractivity contribution in [3.63, 3.8) is 0 Å². The molecule has 0 heterocycles. The lowest BCUT2D eigenvalue weighted by atomic mass is 10.3. The molecule has 0 unspecified atom stereocenters. The first-order chi connectivity index (χ1) is 13.5. The van der Waals surface area contributed by atoms with E-state index in [1.165, 1.54) is 6.07 Å². The highest BCUT2D eigenvalue weighted by atomic mass is 35.5. The van der Waals surface area contributed by atoms with Gasteiger partial charge in [0.1, 0.15) is 11.6 Å². The Labute approximate surface area is 168 Å². The highest BCUT2D eigenvalue weighted by molar-refractivity contribution is 6.32. The SMILES string of the molecule is CN(CCCNC(=O)COC(=O)COc1ccc(F)cc1Cl)c1ccccc1. The van der Waals surface area contributed by atoms with Gasteiger partial charge in [0.15, 0.2) is 13.2 Å². The van der Waals surface area contributed by atoms with Crippen LogP contribution in [0.1, 0.15) is 6.42 Å². The van der Waals surface area contributed by atoms with Gasteiger partial charge < -0.3 is 19.7 Å². The Balaban J connectivity index is 1.58. The van der Waals surface area contributed by atoms with Crippen LogP contribution in [0.5, 0.6) is 5.75 Å². The van der Waals surface area contributed by atoms with E-state index in [4.69, 9.17) is 21.1 Å². The van der Waals surface area contributed by atoms with Crippen LogP contribution >= 0.6 is 11.6 Å². The number of rotatable bonds is 10. The summed E-state index contributed by atoms with van der Waals surface area (Å²) in [4.78, 5) is 25.4. The van der Waals surface area contributed by atoms with Crippen LogP contribution in [0.3, 0.4) is 0 Å². The summed E-state index contributed by atoms with van der Waals surface area (Å²) in [6.07, 6.45) is 0.747. The molecular weight excluding hydrogens is 387 g/mol. The van der Waals surface area contributed by atoms with Gasteiger partial charge in [0, 0.05) is 25.8 Å². The van der Waals surface area contributed by atoms with Gasteiger partial charge in [-0.05, 0) is 36.8 Å². The number of carbonyl (C=O) groups is 2. The quantitative estimate of drug-likeness (QED) is 0.483. The first-order valence-electron chi connectivity index (χ1n) is 8.72. The number of hydrogen-bond acceptors (Lipinski definition) is 5. The monoisotopic (exact) mass is 408 g/mol. The van der Waals surface area contributed by atoms with E-state index in [0.29, 0.717) is 6.54 Å². The lowest BCUT2D eigenvalue weighted by Gasteiger charge is -2.19. The minimum absolute atomic E-state index is 0.0472. The van der Waals surface area contributed by atoms with Gasteiger partial charge in [-0.1, -0.05) is 29.8 Å². The number of benzene rings is 2. The molecule has 0 aromatic heterocycles. The standard InChI is InChI=1S/C20H22ClFN2O4/c1-24(16-6-3-2-4-7-16)11-5-10-23-19(25)13-28-20(26)14-27-18-9-8-15(22)12-17(18)21/h2-4,6-9,12H,5,10-11,13-14H2,1H3,(H,23,25). The number of nitrogens with one attached hydrogen (secondary N) is 1. The molecule has 2 rings (SSSR count). The molecule has 0 aliphatic rings. The Morgan fingerprint density at radius 2 is 1.89 bits per heavy atom. The molecule has 1 amide bonds. The maximum absolute atomic E-state index is 12.9. The Morgan fingerprint density at radius 1 is 1.14 bits per heavy atom. The molecule has 0 aliphatic carbocycles. The fourth-order valence-corrected chi connectivity index (χ4v) is 2.55. The summed E-state index contributed by atoms with van der Waals surface area (Å²) in [5, 5.41) is 2.73. The third-order valence-corrected chi connectivity index (χ3v) is 4.09. The summed E-state index contributed by atoms with van der Waals surface area (Å²) in [7, 11) is 1.98. The van der Waals surface area contributed by atoms with Crippen molar-refractivity contribution in [2.24, 2.45) is 0 Å². The minimum atomic E-state index is -0.723. The van der Waals surface area contributed by atoms with E-state index in [1.807, 2.05) is 37.4 Å². The number of amides is 1. The molecule has 2 aromatic carbocycles. The average molecular weight is 409 g/mol. The second-order valence-corrected chi connectivity index (χ2v) is 6.39. The first kappa shape index (κ1) is 21.5. The molecule has 0 atom stereocenters. The van der Waals surface area contributed by atoms with Crippen molar-refractivity contribution >= 4 is 29.2 Å². The van der Waals surface area contributed by atoms with Crippen molar-refractivity contribution < 1.29 is 23.5 Å². The fraction of sp³-hybridized carbons (Fsp3) is 0.300. The van der Waals surface area contributed by atoms with Crippen LogP contribution in [-0.4, -0.2) is 45.2 Å². The largest absolute Gasteiger partial charge is 0.480 e. The van der Waals surface area contributed by atoms with Gasteiger partial charge >= 0.3 is 5.97 Å². The number of anilines is 1. The summed E-state index contributed by atoms with van der Waals surface area (Å²) in [6.45, 7) is 0.417. The predicted octanol–water partition coefficient (Wildman–Crippen LogP) is 3.04. The van der Waals surface area contributed by atoms with Crippen molar-refractivity contribution in [2.75, 3.05) is 38.3 Å². The molecule has 150 valence electrons. The summed E-state index contributed by atoms with van der Waals surface area (Å²) in [5.74, 6) is -1.46. The van der Waals surface area contributed by atoms with Crippen LogP contribution in [0.15, 0.2) is 48.5 Å². The predicted molar refractivity (Wildman–Crippen MR) is 105 cm³/mol. The molecular formula is C20H22ClFN2O4. The lowest BCUT2D eigenvalue weighted by Crippen LogP contribution is -2.32. The number of para-hydroxylation sites is 1. The Hall–Kier alpha value is -2.80. The molecule has 0 saturated heterocycles. The van der Waals surface area contributed by atoms with Gasteiger partial charge in [-0.3, -0.25) is 4.79 Å². The summed E-state index contributed by atoms with van der Waals surface area (Å²) in [6, 6.07) is 13.5. The van der Waals surface area contributed by atoms with Gasteiger partial charge in [0.2, 0.25) is 0 Å². The van der Waals surface area contributed by atoms with Crippen LogP contribution in [0.25, 0.3) is 0 Å². The Kier molecular flexibility index (Phi) is 8.55. The van der Waals surface area contributed by atoms with E-state index in [2.05, 4.69) is 10.2 Å². The molecule has 28 heavy (non-hydrogen) atoms. The van der Waals surface area contributed by atoms with Gasteiger partial charge in [0.05, 0.1) is 5.02 Å². The van der Waals surface area contributed by atoms with Crippen molar-refractivity contribution in [1.29, 1.82) is 0 Å². The van der Waals surface area contributed by atoms with E-state index in [0.717, 1.165) is 30.8 Å². The number of nitrogens with zero attached hydrogens (tertiary/aromatic N) is 1. The molecule has 0 aliphatic heterocycles. The smallest absolute Gasteiger partial charge is 0.344 e. The third kappa shape index (κ3) is 7.44.